The maximum Gasteiger partial charge on any atom is 0.249 e. The van der Waals surface area contributed by atoms with Crippen LogP contribution in [0.25, 0.3) is 0 Å². The van der Waals surface area contributed by atoms with Crippen LogP contribution >= 0.6 is 0 Å². The minimum Gasteiger partial charge on any atom is -0.340 e. The van der Waals surface area contributed by atoms with E-state index in [4.69, 9.17) is 0 Å². The van der Waals surface area contributed by atoms with E-state index in [0.29, 0.717) is 25.2 Å². The molecule has 0 bridgehead atoms. The highest BCUT2D eigenvalue weighted by atomic mass is 16.2. The lowest BCUT2D eigenvalue weighted by atomic mass is 9.89. The summed E-state index contributed by atoms with van der Waals surface area (Å²) in [7, 11) is 0. The normalized spacial score (nSPS) is 18.2. The quantitative estimate of drug-likeness (QED) is 0.874. The van der Waals surface area contributed by atoms with E-state index in [1.165, 1.54) is 6.33 Å². The minimum atomic E-state index is -0.780. The molecule has 0 saturated carbocycles. The lowest BCUT2D eigenvalue weighted by Crippen LogP contribution is -2.66. The zero-order chi connectivity index (χ0) is 15.6. The zero-order valence-corrected chi connectivity index (χ0v) is 13.1. The van der Waals surface area contributed by atoms with E-state index in [9.17, 15) is 9.59 Å². The van der Waals surface area contributed by atoms with Gasteiger partial charge in [-0.15, -0.1) is 0 Å². The Hall–Kier alpha value is -1.92. The number of piperazine rings is 1. The highest BCUT2D eigenvalue weighted by molar-refractivity contribution is 5.97. The molecule has 0 aromatic carbocycles. The number of aromatic nitrogens is 3. The number of nitrogens with one attached hydrogen (secondary N) is 1. The first-order chi connectivity index (χ1) is 9.93. The van der Waals surface area contributed by atoms with Crippen molar-refractivity contribution in [2.45, 2.75) is 58.7 Å². The van der Waals surface area contributed by atoms with Gasteiger partial charge in [-0.1, -0.05) is 13.8 Å². The second kappa shape index (κ2) is 5.83. The lowest BCUT2D eigenvalue weighted by Gasteiger charge is -2.41. The van der Waals surface area contributed by atoms with E-state index in [1.54, 1.807) is 9.58 Å². The molecule has 1 aromatic rings. The van der Waals surface area contributed by atoms with E-state index in [1.807, 2.05) is 27.7 Å². The number of hydrogen-bond donors (Lipinski definition) is 1. The summed E-state index contributed by atoms with van der Waals surface area (Å²) < 4.78 is 1.78. The molecule has 21 heavy (non-hydrogen) atoms. The van der Waals surface area contributed by atoms with Crippen LogP contribution in [0.3, 0.4) is 0 Å². The van der Waals surface area contributed by atoms with Crippen LogP contribution in [0.1, 0.15) is 52.4 Å². The van der Waals surface area contributed by atoms with E-state index < -0.39 is 5.54 Å². The van der Waals surface area contributed by atoms with Crippen molar-refractivity contribution in [2.24, 2.45) is 0 Å². The summed E-state index contributed by atoms with van der Waals surface area (Å²) in [4.78, 5) is 30.5. The van der Waals surface area contributed by atoms with Crippen LogP contribution < -0.4 is 5.32 Å². The smallest absolute Gasteiger partial charge is 0.249 e. The molecule has 0 unspecified atom stereocenters. The first kappa shape index (κ1) is 15.5. The monoisotopic (exact) mass is 293 g/mol. The summed E-state index contributed by atoms with van der Waals surface area (Å²) >= 11 is 0. The topological polar surface area (TPSA) is 80.1 Å². The van der Waals surface area contributed by atoms with Crippen molar-refractivity contribution in [1.82, 2.24) is 25.0 Å². The fourth-order valence-corrected chi connectivity index (χ4v) is 2.75. The van der Waals surface area contributed by atoms with Crippen LogP contribution in [0.2, 0.25) is 0 Å². The molecule has 0 aliphatic carbocycles. The number of carbonyl (C=O) groups excluding carboxylic acids is 2. The van der Waals surface area contributed by atoms with Gasteiger partial charge in [-0.2, -0.15) is 5.10 Å². The van der Waals surface area contributed by atoms with Gasteiger partial charge in [0.05, 0.1) is 6.54 Å². The van der Waals surface area contributed by atoms with E-state index in [-0.39, 0.29) is 24.4 Å². The van der Waals surface area contributed by atoms with Gasteiger partial charge in [0.2, 0.25) is 11.8 Å². The molecule has 7 nitrogen and oxygen atoms in total. The van der Waals surface area contributed by atoms with Crippen molar-refractivity contribution >= 4 is 11.8 Å². The predicted molar refractivity (Wildman–Crippen MR) is 77.3 cm³/mol. The fourth-order valence-electron chi connectivity index (χ4n) is 2.75. The number of rotatable bonds is 5. The van der Waals surface area contributed by atoms with Crippen molar-refractivity contribution in [3.8, 4) is 0 Å². The Balaban J connectivity index is 2.24. The molecule has 1 aliphatic heterocycles. The molecule has 1 saturated heterocycles. The summed E-state index contributed by atoms with van der Waals surface area (Å²) in [6, 6.07) is 0.165. The van der Waals surface area contributed by atoms with Gasteiger partial charge in [0.25, 0.3) is 0 Å². The molecule has 2 rings (SSSR count). The van der Waals surface area contributed by atoms with Gasteiger partial charge >= 0.3 is 0 Å². The molecule has 116 valence electrons. The second-order valence-electron chi connectivity index (χ2n) is 5.71. The lowest BCUT2D eigenvalue weighted by molar-refractivity contribution is -0.151. The Morgan fingerprint density at radius 3 is 2.57 bits per heavy atom. The first-order valence-corrected chi connectivity index (χ1v) is 7.42. The molecule has 2 heterocycles. The van der Waals surface area contributed by atoms with Crippen LogP contribution in [0.4, 0.5) is 0 Å². The summed E-state index contributed by atoms with van der Waals surface area (Å²) in [5.41, 5.74) is -0.780. The summed E-state index contributed by atoms with van der Waals surface area (Å²) in [5, 5.41) is 7.02. The SMILES string of the molecule is CCC1(CC)NC(=O)CN(Cc2ncnn2C(C)C)C1=O. The Labute approximate surface area is 124 Å². The standard InChI is InChI=1S/C14H23N5O2/c1-5-14(6-2)13(21)18(8-12(20)17-14)7-11-15-9-16-19(11)10(3)4/h9-10H,5-8H2,1-4H3,(H,17,20). The highest BCUT2D eigenvalue weighted by Crippen LogP contribution is 2.23. The van der Waals surface area contributed by atoms with Gasteiger partial charge in [0.1, 0.15) is 24.2 Å². The fraction of sp³-hybridized carbons (Fsp3) is 0.714. The summed E-state index contributed by atoms with van der Waals surface area (Å²) in [5.74, 6) is 0.550. The minimum absolute atomic E-state index is 0.0367. The largest absolute Gasteiger partial charge is 0.340 e. The van der Waals surface area contributed by atoms with E-state index >= 15 is 0 Å². The Morgan fingerprint density at radius 1 is 1.33 bits per heavy atom. The number of carbonyl (C=O) groups is 2. The average Bonchev–Trinajstić information content (AvgIpc) is 2.91. The number of amides is 2. The third kappa shape index (κ3) is 2.77. The van der Waals surface area contributed by atoms with Gasteiger partial charge < -0.3 is 10.2 Å². The van der Waals surface area contributed by atoms with E-state index in [2.05, 4.69) is 15.4 Å². The molecular formula is C14H23N5O2. The van der Waals surface area contributed by atoms with Gasteiger partial charge in [-0.25, -0.2) is 9.67 Å². The van der Waals surface area contributed by atoms with Gasteiger partial charge in [-0.05, 0) is 26.7 Å². The van der Waals surface area contributed by atoms with Gasteiger partial charge in [-0.3, -0.25) is 9.59 Å². The molecule has 1 aromatic heterocycles. The molecule has 0 atom stereocenters. The summed E-state index contributed by atoms with van der Waals surface area (Å²) in [6.07, 6.45) is 2.65. The maximum atomic E-state index is 12.7. The van der Waals surface area contributed by atoms with Gasteiger partial charge in [0.15, 0.2) is 0 Å². The third-order valence-corrected chi connectivity index (χ3v) is 4.09. The second-order valence-corrected chi connectivity index (χ2v) is 5.71. The Bertz CT molecular complexity index is 533. The molecule has 2 amide bonds. The van der Waals surface area contributed by atoms with Crippen molar-refractivity contribution < 1.29 is 9.59 Å². The molecule has 1 fully saturated rings. The molecule has 1 aliphatic rings. The van der Waals surface area contributed by atoms with Gasteiger partial charge in [0, 0.05) is 6.04 Å². The predicted octanol–water partition coefficient (Wildman–Crippen LogP) is 0.876. The van der Waals surface area contributed by atoms with Crippen molar-refractivity contribution in [3.05, 3.63) is 12.2 Å². The Kier molecular flexibility index (Phi) is 4.29. The average molecular weight is 293 g/mol. The molecule has 1 N–H and O–H groups in total. The van der Waals surface area contributed by atoms with Crippen LogP contribution in [-0.4, -0.2) is 43.6 Å². The van der Waals surface area contributed by atoms with Crippen LogP contribution in [-0.2, 0) is 16.1 Å². The Morgan fingerprint density at radius 2 is 2.00 bits per heavy atom. The van der Waals surface area contributed by atoms with E-state index in [0.717, 1.165) is 0 Å². The zero-order valence-electron chi connectivity index (χ0n) is 13.1. The van der Waals surface area contributed by atoms with Crippen molar-refractivity contribution in [1.29, 1.82) is 0 Å². The highest BCUT2D eigenvalue weighted by Gasteiger charge is 2.44. The molecular weight excluding hydrogens is 270 g/mol. The number of hydrogen-bond acceptors (Lipinski definition) is 4. The van der Waals surface area contributed by atoms with Crippen LogP contribution in [0.15, 0.2) is 6.33 Å². The first-order valence-electron chi connectivity index (χ1n) is 7.42. The molecule has 0 spiro atoms. The third-order valence-electron chi connectivity index (χ3n) is 4.09. The summed E-state index contributed by atoms with van der Waals surface area (Å²) in [6.45, 7) is 8.23. The molecule has 7 heteroatoms. The molecule has 0 radical (unpaired) electrons. The van der Waals surface area contributed by atoms with Crippen molar-refractivity contribution in [3.63, 3.8) is 0 Å². The van der Waals surface area contributed by atoms with Crippen LogP contribution in [0.5, 0.6) is 0 Å². The number of nitrogens with zero attached hydrogens (tertiary/aromatic N) is 4. The van der Waals surface area contributed by atoms with Crippen LogP contribution in [0, 0.1) is 0 Å². The maximum absolute atomic E-state index is 12.7. The van der Waals surface area contributed by atoms with Crippen molar-refractivity contribution in [2.75, 3.05) is 6.54 Å².